The summed E-state index contributed by atoms with van der Waals surface area (Å²) in [5.74, 6) is -2.38. The summed E-state index contributed by atoms with van der Waals surface area (Å²) in [7, 11) is 1.57. The Balaban J connectivity index is 2.09. The number of halogens is 1. The number of rotatable bonds is 5. The Morgan fingerprint density at radius 3 is 2.75 bits per heavy atom. The van der Waals surface area contributed by atoms with Crippen LogP contribution < -0.4 is 4.74 Å². The van der Waals surface area contributed by atoms with E-state index in [9.17, 15) is 9.18 Å². The Labute approximate surface area is 113 Å². The smallest absolute Gasteiger partial charge is 0.364 e. The Bertz CT molecular complexity index is 636. The number of aliphatic carboxylic acids is 1. The van der Waals surface area contributed by atoms with Gasteiger partial charge in [-0.05, 0) is 22.9 Å². The lowest BCUT2D eigenvalue weighted by Gasteiger charge is -2.01. The van der Waals surface area contributed by atoms with Gasteiger partial charge in [0.25, 0.3) is 0 Å². The van der Waals surface area contributed by atoms with Crippen LogP contribution in [0.15, 0.2) is 30.1 Å². The van der Waals surface area contributed by atoms with Crippen LogP contribution in [0.25, 0.3) is 6.08 Å². The molecule has 0 aliphatic carbocycles. The number of hydrogen-bond acceptors (Lipinski definition) is 5. The Morgan fingerprint density at radius 2 is 2.15 bits per heavy atom. The summed E-state index contributed by atoms with van der Waals surface area (Å²) < 4.78 is 17.9. The zero-order valence-corrected chi connectivity index (χ0v) is 10.5. The van der Waals surface area contributed by atoms with E-state index in [1.165, 1.54) is 4.80 Å². The monoisotopic (exact) mass is 278 g/mol. The molecule has 2 aromatic rings. The molecular weight excluding hydrogens is 267 g/mol. The molecule has 0 saturated heterocycles. The van der Waals surface area contributed by atoms with Crippen molar-refractivity contribution in [1.29, 1.82) is 0 Å². The van der Waals surface area contributed by atoms with E-state index in [-0.39, 0.29) is 5.82 Å². The van der Waals surface area contributed by atoms with Gasteiger partial charge < -0.3 is 9.84 Å². The number of methoxy groups -OCH3 is 1. The van der Waals surface area contributed by atoms with E-state index in [0.29, 0.717) is 12.6 Å². The maximum absolute atomic E-state index is 12.9. The number of carbonyl (C=O) groups is 1. The van der Waals surface area contributed by atoms with Crippen molar-refractivity contribution in [2.75, 3.05) is 7.11 Å². The zero-order chi connectivity index (χ0) is 14.5. The van der Waals surface area contributed by atoms with Crippen molar-refractivity contribution in [3.8, 4) is 5.75 Å². The molecule has 0 fully saturated rings. The minimum Gasteiger partial charge on any atom is -0.497 e. The lowest BCUT2D eigenvalue weighted by atomic mass is 10.2. The molecule has 104 valence electrons. The summed E-state index contributed by atoms with van der Waals surface area (Å²) in [5, 5.41) is 19.5. The average Bonchev–Trinajstić information content (AvgIpc) is 2.86. The molecule has 0 aliphatic heterocycles. The van der Waals surface area contributed by atoms with E-state index in [2.05, 4.69) is 15.4 Å². The molecule has 2 rings (SSSR count). The van der Waals surface area contributed by atoms with Crippen molar-refractivity contribution in [2.45, 2.75) is 6.54 Å². The summed E-state index contributed by atoms with van der Waals surface area (Å²) in [6, 6.07) is 7.24. The SMILES string of the molecule is COc1ccc(Cn2nnc(/C=C(/F)C(=O)O)n2)cc1. The molecule has 0 bridgehead atoms. The van der Waals surface area contributed by atoms with Gasteiger partial charge >= 0.3 is 5.97 Å². The fraction of sp³-hybridized carbons (Fsp3) is 0.167. The largest absolute Gasteiger partial charge is 0.497 e. The summed E-state index contributed by atoms with van der Waals surface area (Å²) in [5.41, 5.74) is 0.900. The van der Waals surface area contributed by atoms with Crippen LogP contribution in [0.1, 0.15) is 11.4 Å². The van der Waals surface area contributed by atoms with Gasteiger partial charge in [0.15, 0.2) is 0 Å². The molecule has 8 heteroatoms. The molecule has 7 nitrogen and oxygen atoms in total. The van der Waals surface area contributed by atoms with Gasteiger partial charge in [-0.3, -0.25) is 0 Å². The van der Waals surface area contributed by atoms with E-state index in [4.69, 9.17) is 9.84 Å². The van der Waals surface area contributed by atoms with Gasteiger partial charge in [-0.2, -0.15) is 9.19 Å². The maximum atomic E-state index is 12.9. The van der Waals surface area contributed by atoms with E-state index in [1.807, 2.05) is 12.1 Å². The van der Waals surface area contributed by atoms with Crippen LogP contribution in [0.4, 0.5) is 4.39 Å². The van der Waals surface area contributed by atoms with Crippen LogP contribution in [-0.4, -0.2) is 38.4 Å². The molecule has 0 unspecified atom stereocenters. The number of carboxylic acids is 1. The van der Waals surface area contributed by atoms with Crippen molar-refractivity contribution in [2.24, 2.45) is 0 Å². The third-order valence-electron chi connectivity index (χ3n) is 2.41. The molecule has 1 aromatic heterocycles. The van der Waals surface area contributed by atoms with Gasteiger partial charge in [-0.15, -0.1) is 10.2 Å². The molecule has 20 heavy (non-hydrogen) atoms. The normalized spacial score (nSPS) is 11.4. The number of carboxylic acid groups (broad SMARTS) is 1. The van der Waals surface area contributed by atoms with E-state index < -0.39 is 11.8 Å². The molecule has 0 aliphatic rings. The summed E-state index contributed by atoms with van der Waals surface area (Å²) in [4.78, 5) is 11.6. The second kappa shape index (κ2) is 5.91. The minimum absolute atomic E-state index is 0.0987. The van der Waals surface area contributed by atoms with Crippen LogP contribution in [-0.2, 0) is 11.3 Å². The second-order valence-corrected chi connectivity index (χ2v) is 3.82. The quantitative estimate of drug-likeness (QED) is 0.824. The van der Waals surface area contributed by atoms with E-state index >= 15 is 0 Å². The fourth-order valence-electron chi connectivity index (χ4n) is 1.45. The predicted octanol–water partition coefficient (Wildman–Crippen LogP) is 1.12. The molecular formula is C12H11FN4O3. The summed E-state index contributed by atoms with van der Waals surface area (Å²) in [6.45, 7) is 0.333. The second-order valence-electron chi connectivity index (χ2n) is 3.82. The number of nitrogens with zero attached hydrogens (tertiary/aromatic N) is 4. The first kappa shape index (κ1) is 13.7. The number of benzene rings is 1. The highest BCUT2D eigenvalue weighted by Gasteiger charge is 2.08. The molecule has 0 amide bonds. The van der Waals surface area contributed by atoms with Gasteiger partial charge in [-0.25, -0.2) is 4.79 Å². The van der Waals surface area contributed by atoms with Crippen LogP contribution in [0.3, 0.4) is 0 Å². The predicted molar refractivity (Wildman–Crippen MR) is 66.6 cm³/mol. The van der Waals surface area contributed by atoms with Crippen LogP contribution in [0, 0.1) is 0 Å². The van der Waals surface area contributed by atoms with Crippen molar-refractivity contribution in [3.63, 3.8) is 0 Å². The molecule has 1 heterocycles. The molecule has 0 radical (unpaired) electrons. The van der Waals surface area contributed by atoms with Gasteiger partial charge in [0.05, 0.1) is 13.7 Å². The van der Waals surface area contributed by atoms with E-state index in [0.717, 1.165) is 11.3 Å². The topological polar surface area (TPSA) is 90.1 Å². The first-order valence-electron chi connectivity index (χ1n) is 5.59. The van der Waals surface area contributed by atoms with Gasteiger partial charge in [0.2, 0.25) is 11.7 Å². The van der Waals surface area contributed by atoms with Crippen molar-refractivity contribution in [1.82, 2.24) is 20.2 Å². The first-order valence-corrected chi connectivity index (χ1v) is 5.59. The van der Waals surface area contributed by atoms with Gasteiger partial charge in [0.1, 0.15) is 5.75 Å². The van der Waals surface area contributed by atoms with Gasteiger partial charge in [0, 0.05) is 6.08 Å². The fourth-order valence-corrected chi connectivity index (χ4v) is 1.45. The number of aromatic nitrogens is 4. The Hall–Kier alpha value is -2.77. The number of tetrazole rings is 1. The Morgan fingerprint density at radius 1 is 1.45 bits per heavy atom. The van der Waals surface area contributed by atoms with Crippen LogP contribution >= 0.6 is 0 Å². The molecule has 1 N–H and O–H groups in total. The summed E-state index contributed by atoms with van der Waals surface area (Å²) >= 11 is 0. The van der Waals surface area contributed by atoms with Crippen molar-refractivity contribution < 1.29 is 19.0 Å². The molecule has 1 aromatic carbocycles. The van der Waals surface area contributed by atoms with Crippen molar-refractivity contribution >= 4 is 12.0 Å². The highest BCUT2D eigenvalue weighted by Crippen LogP contribution is 2.11. The van der Waals surface area contributed by atoms with Gasteiger partial charge in [-0.1, -0.05) is 12.1 Å². The van der Waals surface area contributed by atoms with Crippen LogP contribution in [0.5, 0.6) is 5.75 Å². The standard InChI is InChI=1S/C12H11FN4O3/c1-20-9-4-2-8(3-5-9)7-17-15-11(14-16-17)6-10(13)12(18)19/h2-6H,7H2,1H3,(H,18,19)/b10-6+. The third kappa shape index (κ3) is 3.37. The lowest BCUT2D eigenvalue weighted by Crippen LogP contribution is -2.04. The molecule has 0 saturated carbocycles. The average molecular weight is 278 g/mol. The molecule has 0 atom stereocenters. The minimum atomic E-state index is -1.67. The van der Waals surface area contributed by atoms with Crippen LogP contribution in [0.2, 0.25) is 0 Å². The van der Waals surface area contributed by atoms with Crippen molar-refractivity contribution in [3.05, 3.63) is 41.5 Å². The lowest BCUT2D eigenvalue weighted by molar-refractivity contribution is -0.134. The molecule has 0 spiro atoms. The Kier molecular flexibility index (Phi) is 4.04. The number of ether oxygens (including phenoxy) is 1. The third-order valence-corrected chi connectivity index (χ3v) is 2.41. The van der Waals surface area contributed by atoms with E-state index in [1.54, 1.807) is 19.2 Å². The highest BCUT2D eigenvalue weighted by molar-refractivity contribution is 5.88. The zero-order valence-electron chi connectivity index (χ0n) is 10.5. The highest BCUT2D eigenvalue weighted by atomic mass is 19.1. The summed E-state index contributed by atoms with van der Waals surface area (Å²) in [6.07, 6.45) is 0.708. The maximum Gasteiger partial charge on any atom is 0.364 e. The number of hydrogen-bond donors (Lipinski definition) is 1. The first-order chi connectivity index (χ1) is 9.58.